The van der Waals surface area contributed by atoms with Crippen LogP contribution in [0.4, 0.5) is 8.78 Å². The molecule has 0 saturated heterocycles. The summed E-state index contributed by atoms with van der Waals surface area (Å²) in [6.07, 6.45) is 2.42. The van der Waals surface area contributed by atoms with E-state index < -0.39 is 17.7 Å². The second kappa shape index (κ2) is 6.33. The Balaban J connectivity index is 2.49. The van der Waals surface area contributed by atoms with Crippen molar-refractivity contribution in [3.63, 3.8) is 0 Å². The van der Waals surface area contributed by atoms with Crippen molar-refractivity contribution in [3.05, 3.63) is 52.3 Å². The summed E-state index contributed by atoms with van der Waals surface area (Å²) < 4.78 is 28.8. The second-order valence-corrected chi connectivity index (χ2v) is 4.90. The number of halogens is 3. The molecule has 0 aliphatic carbocycles. The molecule has 0 fully saturated rings. The van der Waals surface area contributed by atoms with E-state index in [4.69, 9.17) is 11.6 Å². The number of hydrogen-bond acceptors (Lipinski definition) is 2. The predicted molar refractivity (Wildman–Crippen MR) is 74.8 cm³/mol. The van der Waals surface area contributed by atoms with Crippen LogP contribution in [0.1, 0.15) is 30.6 Å². The van der Waals surface area contributed by atoms with Crippen molar-refractivity contribution < 1.29 is 8.78 Å². The lowest BCUT2D eigenvalue weighted by atomic mass is 10.0. The molecule has 2 aromatic rings. The summed E-state index contributed by atoms with van der Waals surface area (Å²) in [7, 11) is 1.70. The van der Waals surface area contributed by atoms with Crippen LogP contribution in [-0.4, -0.2) is 16.8 Å². The zero-order chi connectivity index (χ0) is 14.7. The first-order chi connectivity index (χ1) is 9.58. The van der Waals surface area contributed by atoms with Crippen molar-refractivity contribution in [1.82, 2.24) is 15.1 Å². The quantitative estimate of drug-likeness (QED) is 0.915. The highest BCUT2D eigenvalue weighted by molar-refractivity contribution is 6.31. The Labute approximate surface area is 121 Å². The van der Waals surface area contributed by atoms with E-state index in [-0.39, 0.29) is 0 Å². The van der Waals surface area contributed by atoms with Gasteiger partial charge in [0.05, 0.1) is 23.0 Å². The Morgan fingerprint density at radius 2 is 2.15 bits per heavy atom. The van der Waals surface area contributed by atoms with Crippen molar-refractivity contribution in [2.75, 3.05) is 7.05 Å². The van der Waals surface area contributed by atoms with Crippen molar-refractivity contribution in [2.24, 2.45) is 0 Å². The molecule has 2 rings (SSSR count). The Morgan fingerprint density at radius 1 is 1.40 bits per heavy atom. The van der Waals surface area contributed by atoms with Gasteiger partial charge in [-0.2, -0.15) is 5.10 Å². The van der Waals surface area contributed by atoms with Crippen LogP contribution in [0.15, 0.2) is 24.4 Å². The van der Waals surface area contributed by atoms with Crippen LogP contribution in [0.25, 0.3) is 0 Å². The topological polar surface area (TPSA) is 29.9 Å². The molecule has 0 aliphatic rings. The third kappa shape index (κ3) is 2.83. The highest BCUT2D eigenvalue weighted by atomic mass is 35.5. The number of aromatic nitrogens is 2. The van der Waals surface area contributed by atoms with E-state index in [1.807, 2.05) is 6.92 Å². The maximum absolute atomic E-state index is 14.0. The van der Waals surface area contributed by atoms with E-state index in [9.17, 15) is 8.78 Å². The molecule has 0 radical (unpaired) electrons. The third-order valence-corrected chi connectivity index (χ3v) is 3.40. The molecule has 0 amide bonds. The van der Waals surface area contributed by atoms with E-state index in [0.717, 1.165) is 12.5 Å². The molecular formula is C14H16ClF2N3. The van der Waals surface area contributed by atoms with E-state index in [2.05, 4.69) is 10.4 Å². The van der Waals surface area contributed by atoms with E-state index in [1.165, 1.54) is 18.3 Å². The van der Waals surface area contributed by atoms with Gasteiger partial charge >= 0.3 is 0 Å². The zero-order valence-corrected chi connectivity index (χ0v) is 12.1. The molecule has 0 saturated carbocycles. The van der Waals surface area contributed by atoms with Crippen LogP contribution in [0.5, 0.6) is 0 Å². The molecule has 0 bridgehead atoms. The number of rotatable bonds is 5. The Bertz CT molecular complexity index is 598. The Hall–Kier alpha value is -1.46. The Morgan fingerprint density at radius 3 is 2.75 bits per heavy atom. The molecule has 6 heteroatoms. The van der Waals surface area contributed by atoms with Crippen LogP contribution >= 0.6 is 11.6 Å². The second-order valence-electron chi connectivity index (χ2n) is 4.49. The molecule has 1 aromatic carbocycles. The van der Waals surface area contributed by atoms with Crippen molar-refractivity contribution in [3.8, 4) is 0 Å². The zero-order valence-electron chi connectivity index (χ0n) is 11.3. The lowest BCUT2D eigenvalue weighted by Crippen LogP contribution is -2.23. The van der Waals surface area contributed by atoms with E-state index in [0.29, 0.717) is 22.8 Å². The van der Waals surface area contributed by atoms with Crippen molar-refractivity contribution in [1.29, 1.82) is 0 Å². The standard InChI is InChI=1S/C14H16ClF2N3/c1-3-6-20-14(11(15)8-19-20)13(18-2)10-5-4-9(16)7-12(10)17/h4-5,7-8,13,18H,3,6H2,1-2H3. The minimum absolute atomic E-state index is 0.341. The lowest BCUT2D eigenvalue weighted by molar-refractivity contribution is 0.510. The molecule has 20 heavy (non-hydrogen) atoms. The van der Waals surface area contributed by atoms with Gasteiger partial charge in [0.1, 0.15) is 11.6 Å². The molecule has 108 valence electrons. The number of nitrogens with one attached hydrogen (secondary N) is 1. The fraction of sp³-hybridized carbons (Fsp3) is 0.357. The van der Waals surface area contributed by atoms with Gasteiger partial charge in [-0.05, 0) is 19.5 Å². The van der Waals surface area contributed by atoms with Crippen molar-refractivity contribution in [2.45, 2.75) is 25.9 Å². The summed E-state index contributed by atoms with van der Waals surface area (Å²) in [6.45, 7) is 2.70. The number of hydrogen-bond donors (Lipinski definition) is 1. The summed E-state index contributed by atoms with van der Waals surface area (Å²) in [5.74, 6) is -1.21. The van der Waals surface area contributed by atoms with Crippen molar-refractivity contribution >= 4 is 11.6 Å². The van der Waals surface area contributed by atoms with E-state index in [1.54, 1.807) is 11.7 Å². The molecular weight excluding hydrogens is 284 g/mol. The Kier molecular flexibility index (Phi) is 4.73. The fourth-order valence-electron chi connectivity index (χ4n) is 2.22. The van der Waals surface area contributed by atoms with E-state index >= 15 is 0 Å². The molecule has 1 heterocycles. The summed E-state index contributed by atoms with van der Waals surface area (Å²) in [5, 5.41) is 7.67. The van der Waals surface area contributed by atoms with Gasteiger partial charge in [-0.3, -0.25) is 4.68 Å². The first kappa shape index (κ1) is 14.9. The summed E-state index contributed by atoms with van der Waals surface area (Å²) >= 11 is 6.17. The molecule has 1 unspecified atom stereocenters. The minimum Gasteiger partial charge on any atom is -0.308 e. The fourth-order valence-corrected chi connectivity index (χ4v) is 2.47. The van der Waals surface area contributed by atoms with Crippen LogP contribution in [0, 0.1) is 11.6 Å². The van der Waals surface area contributed by atoms with Gasteiger partial charge in [0.15, 0.2) is 0 Å². The van der Waals surface area contributed by atoms with Gasteiger partial charge in [-0.1, -0.05) is 24.6 Å². The molecule has 1 aromatic heterocycles. The van der Waals surface area contributed by atoms with Crippen LogP contribution in [0.2, 0.25) is 5.02 Å². The summed E-state index contributed by atoms with van der Waals surface area (Å²) in [4.78, 5) is 0. The average molecular weight is 300 g/mol. The van der Waals surface area contributed by atoms with Crippen LogP contribution < -0.4 is 5.32 Å². The van der Waals surface area contributed by atoms with Gasteiger partial charge in [-0.25, -0.2) is 8.78 Å². The lowest BCUT2D eigenvalue weighted by Gasteiger charge is -2.19. The number of nitrogens with zero attached hydrogens (tertiary/aromatic N) is 2. The first-order valence-electron chi connectivity index (χ1n) is 6.41. The number of aryl methyl sites for hydroxylation is 1. The molecule has 1 atom stereocenters. The maximum Gasteiger partial charge on any atom is 0.131 e. The van der Waals surface area contributed by atoms with Gasteiger partial charge in [0.25, 0.3) is 0 Å². The maximum atomic E-state index is 14.0. The van der Waals surface area contributed by atoms with Crippen LogP contribution in [-0.2, 0) is 6.54 Å². The summed E-state index contributed by atoms with van der Waals surface area (Å²) in [6, 6.07) is 3.05. The molecule has 0 spiro atoms. The highest BCUT2D eigenvalue weighted by Gasteiger charge is 2.23. The van der Waals surface area contributed by atoms with Crippen LogP contribution in [0.3, 0.4) is 0 Å². The normalized spacial score (nSPS) is 12.7. The van der Waals surface area contributed by atoms with Gasteiger partial charge in [0.2, 0.25) is 0 Å². The molecule has 1 N–H and O–H groups in total. The van der Waals surface area contributed by atoms with Gasteiger partial charge < -0.3 is 5.32 Å². The molecule has 3 nitrogen and oxygen atoms in total. The number of benzene rings is 1. The molecule has 0 aliphatic heterocycles. The third-order valence-electron chi connectivity index (χ3n) is 3.10. The monoisotopic (exact) mass is 299 g/mol. The average Bonchev–Trinajstić information content (AvgIpc) is 2.75. The minimum atomic E-state index is -0.607. The summed E-state index contributed by atoms with van der Waals surface area (Å²) in [5.41, 5.74) is 1.02. The van der Waals surface area contributed by atoms with Gasteiger partial charge in [-0.15, -0.1) is 0 Å². The van der Waals surface area contributed by atoms with Gasteiger partial charge in [0, 0.05) is 18.2 Å². The SMILES string of the molecule is CCCn1ncc(Cl)c1C(NC)c1ccc(F)cc1F. The first-order valence-corrected chi connectivity index (χ1v) is 6.79. The smallest absolute Gasteiger partial charge is 0.131 e. The highest BCUT2D eigenvalue weighted by Crippen LogP contribution is 2.30. The largest absolute Gasteiger partial charge is 0.308 e. The predicted octanol–water partition coefficient (Wildman–Crippen LogP) is 3.53.